The van der Waals surface area contributed by atoms with Gasteiger partial charge in [0.2, 0.25) is 0 Å². The molecule has 2 heterocycles. The van der Waals surface area contributed by atoms with Gasteiger partial charge in [-0.1, -0.05) is 18.2 Å². The quantitative estimate of drug-likeness (QED) is 0.863. The van der Waals surface area contributed by atoms with Gasteiger partial charge in [0.25, 0.3) is 0 Å². The largest absolute Gasteiger partial charge is 0.394 e. The van der Waals surface area contributed by atoms with Gasteiger partial charge in [0.05, 0.1) is 25.9 Å². The second-order valence-electron chi connectivity index (χ2n) is 4.64. The van der Waals surface area contributed by atoms with Crippen LogP contribution in [0.15, 0.2) is 30.5 Å². The highest BCUT2D eigenvalue weighted by Gasteiger charge is 2.23. The molecular weight excluding hydrogens is 228 g/mol. The number of hydrogen-bond acceptors (Lipinski definition) is 3. The third kappa shape index (κ3) is 2.03. The van der Waals surface area contributed by atoms with Crippen LogP contribution >= 0.6 is 0 Å². The lowest BCUT2D eigenvalue weighted by atomic mass is 10.0. The van der Waals surface area contributed by atoms with E-state index in [1.165, 1.54) is 10.9 Å². The molecule has 0 aliphatic carbocycles. The first-order valence-electron chi connectivity index (χ1n) is 6.39. The number of ether oxygens (including phenoxy) is 1. The number of nitrogens with one attached hydrogen (secondary N) is 1. The molecule has 1 fully saturated rings. The third-order valence-corrected chi connectivity index (χ3v) is 3.64. The number of fused-ring (bicyclic) bond motifs is 1. The summed E-state index contributed by atoms with van der Waals surface area (Å²) in [6, 6.07) is 8.28. The molecule has 2 N–H and O–H groups in total. The van der Waals surface area contributed by atoms with E-state index in [0.29, 0.717) is 0 Å². The average molecular weight is 246 g/mol. The average Bonchev–Trinajstić information content (AvgIpc) is 2.85. The highest BCUT2D eigenvalue weighted by atomic mass is 16.5. The van der Waals surface area contributed by atoms with E-state index >= 15 is 0 Å². The van der Waals surface area contributed by atoms with Gasteiger partial charge < -0.3 is 14.8 Å². The van der Waals surface area contributed by atoms with Crippen molar-refractivity contribution in [1.82, 2.24) is 9.88 Å². The molecule has 0 amide bonds. The Morgan fingerprint density at radius 2 is 2.06 bits per heavy atom. The Hall–Kier alpha value is -1.36. The summed E-state index contributed by atoms with van der Waals surface area (Å²) >= 11 is 0. The monoisotopic (exact) mass is 246 g/mol. The molecule has 1 unspecified atom stereocenters. The molecule has 1 aliphatic heterocycles. The van der Waals surface area contributed by atoms with E-state index in [9.17, 15) is 5.11 Å². The molecule has 1 aromatic carbocycles. The van der Waals surface area contributed by atoms with Crippen LogP contribution in [0.2, 0.25) is 0 Å². The number of aromatic amines is 1. The lowest BCUT2D eigenvalue weighted by Crippen LogP contribution is -2.40. The van der Waals surface area contributed by atoms with Crippen LogP contribution in [-0.2, 0) is 4.74 Å². The molecule has 18 heavy (non-hydrogen) atoms. The minimum atomic E-state index is 0.0602. The van der Waals surface area contributed by atoms with Crippen LogP contribution in [0.3, 0.4) is 0 Å². The molecule has 0 radical (unpaired) electrons. The van der Waals surface area contributed by atoms with E-state index in [2.05, 4.69) is 22.0 Å². The van der Waals surface area contributed by atoms with Crippen molar-refractivity contribution in [2.75, 3.05) is 32.9 Å². The minimum Gasteiger partial charge on any atom is -0.394 e. The molecule has 2 aromatic rings. The molecule has 3 rings (SSSR count). The fraction of sp³-hybridized carbons (Fsp3) is 0.429. The predicted octanol–water partition coefficient (Wildman–Crippen LogP) is 1.53. The number of H-pyrrole nitrogens is 1. The Kier molecular flexibility index (Phi) is 3.32. The summed E-state index contributed by atoms with van der Waals surface area (Å²) in [4.78, 5) is 5.56. The molecule has 0 spiro atoms. The normalized spacial score (nSPS) is 19.2. The van der Waals surface area contributed by atoms with E-state index in [4.69, 9.17) is 4.74 Å². The highest BCUT2D eigenvalue weighted by molar-refractivity contribution is 5.83. The first-order valence-corrected chi connectivity index (χ1v) is 6.39. The van der Waals surface area contributed by atoms with Crippen molar-refractivity contribution in [3.63, 3.8) is 0 Å². The minimum absolute atomic E-state index is 0.0602. The molecular formula is C14H18N2O2. The maximum Gasteiger partial charge on any atom is 0.0629 e. The fourth-order valence-electron chi connectivity index (χ4n) is 2.67. The van der Waals surface area contributed by atoms with Gasteiger partial charge >= 0.3 is 0 Å². The van der Waals surface area contributed by atoms with Gasteiger partial charge in [-0.2, -0.15) is 0 Å². The van der Waals surface area contributed by atoms with Crippen molar-refractivity contribution in [1.29, 1.82) is 0 Å². The summed E-state index contributed by atoms with van der Waals surface area (Å²) in [5.41, 5.74) is 2.30. The number of morpholine rings is 1. The highest BCUT2D eigenvalue weighted by Crippen LogP contribution is 2.28. The van der Waals surface area contributed by atoms with Gasteiger partial charge in [0.1, 0.15) is 0 Å². The zero-order valence-electron chi connectivity index (χ0n) is 10.3. The fourth-order valence-corrected chi connectivity index (χ4v) is 2.67. The number of benzene rings is 1. The Balaban J connectivity index is 1.95. The van der Waals surface area contributed by atoms with Crippen molar-refractivity contribution >= 4 is 10.9 Å². The van der Waals surface area contributed by atoms with Crippen molar-refractivity contribution in [2.45, 2.75) is 6.04 Å². The summed E-state index contributed by atoms with van der Waals surface area (Å²) in [7, 11) is 0. The second-order valence-corrected chi connectivity index (χ2v) is 4.64. The number of aliphatic hydroxyl groups excluding tert-OH is 1. The van der Waals surface area contributed by atoms with E-state index in [1.807, 2.05) is 18.3 Å². The van der Waals surface area contributed by atoms with Gasteiger partial charge in [-0.15, -0.1) is 0 Å². The Bertz CT molecular complexity index is 517. The summed E-state index contributed by atoms with van der Waals surface area (Å²) < 4.78 is 5.37. The number of hydrogen-bond donors (Lipinski definition) is 2. The maximum atomic E-state index is 9.71. The SMILES string of the molecule is OCC(c1c[nH]c2ccccc12)N1CCOCC1. The molecule has 4 heteroatoms. The molecule has 96 valence electrons. The molecule has 1 saturated heterocycles. The van der Waals surface area contributed by atoms with Gasteiger partial charge in [-0.05, 0) is 11.6 Å². The molecule has 1 aromatic heterocycles. The first-order chi connectivity index (χ1) is 8.90. The van der Waals surface area contributed by atoms with E-state index < -0.39 is 0 Å². The zero-order valence-corrected chi connectivity index (χ0v) is 10.3. The maximum absolute atomic E-state index is 9.71. The van der Waals surface area contributed by atoms with Crippen LogP contribution in [0.25, 0.3) is 10.9 Å². The van der Waals surface area contributed by atoms with Gasteiger partial charge in [0.15, 0.2) is 0 Å². The Morgan fingerprint density at radius 1 is 1.28 bits per heavy atom. The first kappa shape index (κ1) is 11.7. The van der Waals surface area contributed by atoms with Gasteiger partial charge in [-0.3, -0.25) is 4.90 Å². The number of nitrogens with zero attached hydrogens (tertiary/aromatic N) is 1. The molecule has 0 bridgehead atoms. The topological polar surface area (TPSA) is 48.5 Å². The number of aliphatic hydroxyl groups is 1. The standard InChI is InChI=1S/C14H18N2O2/c17-10-14(16-5-7-18-8-6-16)12-9-15-13-4-2-1-3-11(12)13/h1-4,9,14-15,17H,5-8,10H2. The molecule has 4 nitrogen and oxygen atoms in total. The van der Waals surface area contributed by atoms with Crippen molar-refractivity contribution < 1.29 is 9.84 Å². The summed E-state index contributed by atoms with van der Waals surface area (Å²) in [6.45, 7) is 3.40. The van der Waals surface area contributed by atoms with Crippen molar-refractivity contribution in [3.8, 4) is 0 Å². The summed E-state index contributed by atoms with van der Waals surface area (Å²) in [6.07, 6.45) is 2.01. The Labute approximate surface area is 106 Å². The van der Waals surface area contributed by atoms with Crippen molar-refractivity contribution in [3.05, 3.63) is 36.0 Å². The van der Waals surface area contributed by atoms with E-state index in [1.54, 1.807) is 0 Å². The van der Waals surface area contributed by atoms with Crippen LogP contribution in [0.5, 0.6) is 0 Å². The molecule has 1 aliphatic rings. The Morgan fingerprint density at radius 3 is 2.83 bits per heavy atom. The van der Waals surface area contributed by atoms with Crippen LogP contribution in [-0.4, -0.2) is 47.9 Å². The third-order valence-electron chi connectivity index (χ3n) is 3.64. The molecule has 1 atom stereocenters. The predicted molar refractivity (Wildman–Crippen MR) is 70.5 cm³/mol. The van der Waals surface area contributed by atoms with E-state index in [-0.39, 0.29) is 12.6 Å². The van der Waals surface area contributed by atoms with E-state index in [0.717, 1.165) is 31.8 Å². The van der Waals surface area contributed by atoms with Crippen LogP contribution < -0.4 is 0 Å². The van der Waals surface area contributed by atoms with Crippen LogP contribution in [0, 0.1) is 0 Å². The van der Waals surface area contributed by atoms with Crippen LogP contribution in [0.4, 0.5) is 0 Å². The number of aromatic nitrogens is 1. The van der Waals surface area contributed by atoms with Crippen LogP contribution in [0.1, 0.15) is 11.6 Å². The number of rotatable bonds is 3. The van der Waals surface area contributed by atoms with Crippen molar-refractivity contribution in [2.24, 2.45) is 0 Å². The molecule has 0 saturated carbocycles. The number of para-hydroxylation sites is 1. The zero-order chi connectivity index (χ0) is 12.4. The lowest BCUT2D eigenvalue weighted by Gasteiger charge is -2.33. The lowest BCUT2D eigenvalue weighted by molar-refractivity contribution is 0.00295. The smallest absolute Gasteiger partial charge is 0.0629 e. The summed E-state index contributed by atoms with van der Waals surface area (Å²) in [5.74, 6) is 0. The van der Waals surface area contributed by atoms with Gasteiger partial charge in [0, 0.05) is 30.2 Å². The second kappa shape index (κ2) is 5.10. The van der Waals surface area contributed by atoms with Gasteiger partial charge in [-0.25, -0.2) is 0 Å². The summed E-state index contributed by atoms with van der Waals surface area (Å²) in [5, 5.41) is 10.9.